The Morgan fingerprint density at radius 1 is 1.12 bits per heavy atom. The molecule has 0 fully saturated rings. The fraction of sp³-hybridized carbons (Fsp3) is 0.238. The number of aryl methyl sites for hydroxylation is 1. The lowest BCUT2D eigenvalue weighted by Crippen LogP contribution is -2.12. The third-order valence-electron chi connectivity index (χ3n) is 3.94. The highest BCUT2D eigenvalue weighted by Crippen LogP contribution is 2.20. The van der Waals surface area contributed by atoms with E-state index in [9.17, 15) is 4.79 Å². The third-order valence-corrected chi connectivity index (χ3v) is 3.94. The maximum Gasteiger partial charge on any atom is 0.292 e. The van der Waals surface area contributed by atoms with Crippen molar-refractivity contribution in [1.82, 2.24) is 4.98 Å². The van der Waals surface area contributed by atoms with Crippen LogP contribution in [0, 0.1) is 6.92 Å². The lowest BCUT2D eigenvalue weighted by molar-refractivity contribution is 0.0992. The zero-order chi connectivity index (χ0) is 18.5. The molecule has 134 valence electrons. The number of carbonyl (C=O) groups is 1. The third kappa shape index (κ3) is 4.51. The standard InChI is InChI=1S/C21H22N2O3/c1-14(2)16-7-9-17(10-8-16)25-13-18-11-12-19(26-18)21(24)23-20-6-4-5-15(3)22-20/h4-12,14H,13H2,1-3H3,(H,22,23,24). The summed E-state index contributed by atoms with van der Waals surface area (Å²) in [4.78, 5) is 16.5. The maximum atomic E-state index is 12.2. The van der Waals surface area contributed by atoms with Gasteiger partial charge in [0.05, 0.1) is 0 Å². The number of hydrogen-bond acceptors (Lipinski definition) is 4. The van der Waals surface area contributed by atoms with Gasteiger partial charge >= 0.3 is 0 Å². The fourth-order valence-electron chi connectivity index (χ4n) is 2.47. The van der Waals surface area contributed by atoms with Crippen molar-refractivity contribution in [3.05, 3.63) is 77.4 Å². The predicted octanol–water partition coefficient (Wildman–Crippen LogP) is 4.94. The SMILES string of the molecule is Cc1cccc(NC(=O)c2ccc(COc3ccc(C(C)C)cc3)o2)n1. The van der Waals surface area contributed by atoms with Crippen LogP contribution in [0.3, 0.4) is 0 Å². The minimum absolute atomic E-state index is 0.224. The minimum atomic E-state index is -0.337. The van der Waals surface area contributed by atoms with Crippen LogP contribution < -0.4 is 10.1 Å². The second-order valence-electron chi connectivity index (χ2n) is 6.40. The summed E-state index contributed by atoms with van der Waals surface area (Å²) in [5.74, 6) is 2.21. The number of furan rings is 1. The van der Waals surface area contributed by atoms with Gasteiger partial charge in [0.2, 0.25) is 0 Å². The van der Waals surface area contributed by atoms with Crippen molar-refractivity contribution in [2.45, 2.75) is 33.3 Å². The topological polar surface area (TPSA) is 64.4 Å². The van der Waals surface area contributed by atoms with Gasteiger partial charge in [-0.3, -0.25) is 4.79 Å². The van der Waals surface area contributed by atoms with Gasteiger partial charge in [-0.15, -0.1) is 0 Å². The van der Waals surface area contributed by atoms with Gasteiger partial charge < -0.3 is 14.5 Å². The largest absolute Gasteiger partial charge is 0.486 e. The van der Waals surface area contributed by atoms with E-state index in [1.807, 2.05) is 31.2 Å². The molecular weight excluding hydrogens is 328 g/mol. The molecule has 0 aliphatic heterocycles. The molecule has 5 heteroatoms. The number of nitrogens with zero attached hydrogens (tertiary/aromatic N) is 1. The summed E-state index contributed by atoms with van der Waals surface area (Å²) in [7, 11) is 0. The number of benzene rings is 1. The molecule has 1 N–H and O–H groups in total. The van der Waals surface area contributed by atoms with Crippen LogP contribution in [0.1, 0.15) is 47.3 Å². The van der Waals surface area contributed by atoms with Gasteiger partial charge in [0.25, 0.3) is 5.91 Å². The molecule has 2 aromatic heterocycles. The molecule has 0 aliphatic carbocycles. The van der Waals surface area contributed by atoms with E-state index in [-0.39, 0.29) is 18.3 Å². The summed E-state index contributed by atoms with van der Waals surface area (Å²) in [5.41, 5.74) is 2.10. The van der Waals surface area contributed by atoms with Crippen LogP contribution in [0.15, 0.2) is 59.0 Å². The monoisotopic (exact) mass is 350 g/mol. The van der Waals surface area contributed by atoms with E-state index in [0.29, 0.717) is 17.5 Å². The molecule has 3 rings (SSSR count). The first-order chi connectivity index (χ1) is 12.5. The van der Waals surface area contributed by atoms with Crippen molar-refractivity contribution in [1.29, 1.82) is 0 Å². The molecule has 26 heavy (non-hydrogen) atoms. The van der Waals surface area contributed by atoms with E-state index < -0.39 is 0 Å². The van der Waals surface area contributed by atoms with Crippen LogP contribution in [0.5, 0.6) is 5.75 Å². The van der Waals surface area contributed by atoms with Gasteiger partial charge in [0.1, 0.15) is 23.9 Å². The molecule has 0 bridgehead atoms. The average molecular weight is 350 g/mol. The summed E-state index contributed by atoms with van der Waals surface area (Å²) in [6.07, 6.45) is 0. The molecular formula is C21H22N2O3. The fourth-order valence-corrected chi connectivity index (χ4v) is 2.47. The first kappa shape index (κ1) is 17.7. The Labute approximate surface area is 153 Å². The van der Waals surface area contributed by atoms with E-state index in [1.165, 1.54) is 5.56 Å². The van der Waals surface area contributed by atoms with E-state index in [0.717, 1.165) is 11.4 Å². The average Bonchev–Trinajstić information content (AvgIpc) is 3.09. The summed E-state index contributed by atoms with van der Waals surface area (Å²) in [6.45, 7) is 6.43. The number of hydrogen-bond donors (Lipinski definition) is 1. The van der Waals surface area contributed by atoms with Gasteiger partial charge in [-0.25, -0.2) is 4.98 Å². The summed E-state index contributed by atoms with van der Waals surface area (Å²) < 4.78 is 11.3. The van der Waals surface area contributed by atoms with Crippen molar-refractivity contribution >= 4 is 11.7 Å². The molecule has 0 radical (unpaired) electrons. The first-order valence-electron chi connectivity index (χ1n) is 8.58. The molecule has 1 aromatic carbocycles. The molecule has 0 atom stereocenters. The first-order valence-corrected chi connectivity index (χ1v) is 8.58. The highest BCUT2D eigenvalue weighted by Gasteiger charge is 2.12. The molecule has 3 aromatic rings. The van der Waals surface area contributed by atoms with E-state index in [2.05, 4.69) is 36.3 Å². The van der Waals surface area contributed by atoms with Gasteiger partial charge in [0.15, 0.2) is 5.76 Å². The molecule has 0 spiro atoms. The van der Waals surface area contributed by atoms with Gasteiger partial charge in [-0.05, 0) is 54.8 Å². The second-order valence-corrected chi connectivity index (χ2v) is 6.40. The van der Waals surface area contributed by atoms with E-state index in [1.54, 1.807) is 18.2 Å². The summed E-state index contributed by atoms with van der Waals surface area (Å²) >= 11 is 0. The molecule has 0 saturated carbocycles. The smallest absolute Gasteiger partial charge is 0.292 e. The Balaban J connectivity index is 1.58. The quantitative estimate of drug-likeness (QED) is 0.684. The van der Waals surface area contributed by atoms with Crippen LogP contribution in [0.25, 0.3) is 0 Å². The van der Waals surface area contributed by atoms with Gasteiger partial charge in [0, 0.05) is 5.69 Å². The Hall–Kier alpha value is -3.08. The van der Waals surface area contributed by atoms with Crippen molar-refractivity contribution in [2.75, 3.05) is 5.32 Å². The van der Waals surface area contributed by atoms with Crippen LogP contribution >= 0.6 is 0 Å². The lowest BCUT2D eigenvalue weighted by Gasteiger charge is -2.08. The zero-order valence-corrected chi connectivity index (χ0v) is 15.2. The van der Waals surface area contributed by atoms with E-state index in [4.69, 9.17) is 9.15 Å². The van der Waals surface area contributed by atoms with Crippen molar-refractivity contribution in [2.24, 2.45) is 0 Å². The molecule has 5 nitrogen and oxygen atoms in total. The lowest BCUT2D eigenvalue weighted by atomic mass is 10.0. The summed E-state index contributed by atoms with van der Waals surface area (Å²) in [5, 5.41) is 2.72. The van der Waals surface area contributed by atoms with Crippen molar-refractivity contribution in [3.63, 3.8) is 0 Å². The number of aromatic nitrogens is 1. The number of pyridine rings is 1. The van der Waals surface area contributed by atoms with Crippen LogP contribution in [-0.2, 0) is 6.61 Å². The van der Waals surface area contributed by atoms with Crippen molar-refractivity contribution < 1.29 is 13.9 Å². The van der Waals surface area contributed by atoms with Gasteiger partial charge in [-0.1, -0.05) is 32.0 Å². The number of nitrogens with one attached hydrogen (secondary N) is 1. The molecule has 0 unspecified atom stereocenters. The molecule has 2 heterocycles. The number of anilines is 1. The van der Waals surface area contributed by atoms with Crippen LogP contribution in [0.2, 0.25) is 0 Å². The summed E-state index contributed by atoms with van der Waals surface area (Å²) in [6, 6.07) is 16.8. The Morgan fingerprint density at radius 2 is 1.88 bits per heavy atom. The Morgan fingerprint density at radius 3 is 2.58 bits per heavy atom. The normalized spacial score (nSPS) is 10.8. The Kier molecular flexibility index (Phi) is 5.37. The maximum absolute atomic E-state index is 12.2. The van der Waals surface area contributed by atoms with Gasteiger partial charge in [-0.2, -0.15) is 0 Å². The second kappa shape index (κ2) is 7.87. The van der Waals surface area contributed by atoms with Crippen LogP contribution in [-0.4, -0.2) is 10.9 Å². The Bertz CT molecular complexity index is 882. The molecule has 0 aliphatic rings. The highest BCUT2D eigenvalue weighted by molar-refractivity contribution is 6.01. The van der Waals surface area contributed by atoms with Crippen molar-refractivity contribution in [3.8, 4) is 5.75 Å². The predicted molar refractivity (Wildman–Crippen MR) is 100 cm³/mol. The highest BCUT2D eigenvalue weighted by atomic mass is 16.5. The minimum Gasteiger partial charge on any atom is -0.486 e. The molecule has 0 saturated heterocycles. The number of amides is 1. The number of carbonyl (C=O) groups excluding carboxylic acids is 1. The van der Waals surface area contributed by atoms with E-state index >= 15 is 0 Å². The number of rotatable bonds is 6. The zero-order valence-electron chi connectivity index (χ0n) is 15.2. The van der Waals surface area contributed by atoms with Crippen LogP contribution in [0.4, 0.5) is 5.82 Å². The number of ether oxygens (including phenoxy) is 1. The molecule has 1 amide bonds.